The Morgan fingerprint density at radius 3 is 2.74 bits per heavy atom. The van der Waals surface area contributed by atoms with Crippen LogP contribution < -0.4 is 10.1 Å². The minimum atomic E-state index is 0.321. The van der Waals surface area contributed by atoms with Crippen molar-refractivity contribution in [3.63, 3.8) is 0 Å². The fraction of sp³-hybridized carbons (Fsp3) is 0.579. The molecule has 0 saturated carbocycles. The number of likely N-dealkylation sites (tertiary alicyclic amines) is 1. The molecule has 1 fully saturated rings. The number of piperidine rings is 1. The lowest BCUT2D eigenvalue weighted by molar-refractivity contribution is 0.181. The molecule has 2 rings (SSSR count). The minimum absolute atomic E-state index is 0.321. The van der Waals surface area contributed by atoms with Gasteiger partial charge < -0.3 is 19.9 Å². The monoisotopic (exact) mass is 315 g/mol. The molecule has 1 aromatic carbocycles. The van der Waals surface area contributed by atoms with Crippen LogP contribution >= 0.6 is 0 Å². The SMILES string of the molecule is C#CCOc1ccccc1CNC1CCN(CCN(C)C)CC1. The first-order chi connectivity index (χ1) is 11.2. The highest BCUT2D eigenvalue weighted by Crippen LogP contribution is 2.19. The summed E-state index contributed by atoms with van der Waals surface area (Å²) >= 11 is 0. The van der Waals surface area contributed by atoms with Gasteiger partial charge in [-0.25, -0.2) is 0 Å². The van der Waals surface area contributed by atoms with Crippen molar-refractivity contribution in [1.29, 1.82) is 0 Å². The normalized spacial score (nSPS) is 16.4. The molecule has 0 bridgehead atoms. The van der Waals surface area contributed by atoms with Crippen LogP contribution in [0.25, 0.3) is 0 Å². The van der Waals surface area contributed by atoms with Gasteiger partial charge in [-0.3, -0.25) is 0 Å². The Bertz CT molecular complexity index is 502. The van der Waals surface area contributed by atoms with E-state index < -0.39 is 0 Å². The molecule has 1 heterocycles. The summed E-state index contributed by atoms with van der Waals surface area (Å²) in [5, 5.41) is 3.67. The Morgan fingerprint density at radius 2 is 2.04 bits per heavy atom. The molecule has 0 radical (unpaired) electrons. The summed E-state index contributed by atoms with van der Waals surface area (Å²) in [7, 11) is 4.27. The Morgan fingerprint density at radius 1 is 1.30 bits per heavy atom. The molecular weight excluding hydrogens is 286 g/mol. The lowest BCUT2D eigenvalue weighted by atomic mass is 10.0. The third-order valence-electron chi connectivity index (χ3n) is 4.32. The number of terminal acetylenes is 1. The topological polar surface area (TPSA) is 27.7 Å². The van der Waals surface area contributed by atoms with Crippen molar-refractivity contribution in [3.8, 4) is 18.1 Å². The summed E-state index contributed by atoms with van der Waals surface area (Å²) in [6, 6.07) is 8.71. The van der Waals surface area contributed by atoms with E-state index >= 15 is 0 Å². The maximum atomic E-state index is 5.61. The van der Waals surface area contributed by atoms with Gasteiger partial charge in [-0.15, -0.1) is 6.42 Å². The molecular formula is C19H29N3O. The van der Waals surface area contributed by atoms with Gasteiger partial charge in [-0.1, -0.05) is 24.1 Å². The first-order valence-corrected chi connectivity index (χ1v) is 8.43. The zero-order valence-corrected chi connectivity index (χ0v) is 14.4. The molecule has 1 aliphatic rings. The highest BCUT2D eigenvalue weighted by atomic mass is 16.5. The number of ether oxygens (including phenoxy) is 1. The van der Waals surface area contributed by atoms with Gasteiger partial charge in [-0.2, -0.15) is 0 Å². The van der Waals surface area contributed by atoms with E-state index in [4.69, 9.17) is 11.2 Å². The van der Waals surface area contributed by atoms with Crippen molar-refractivity contribution < 1.29 is 4.74 Å². The van der Waals surface area contributed by atoms with Gasteiger partial charge in [0, 0.05) is 31.2 Å². The van der Waals surface area contributed by atoms with Gasteiger partial charge in [0.25, 0.3) is 0 Å². The van der Waals surface area contributed by atoms with Crippen molar-refractivity contribution in [2.45, 2.75) is 25.4 Å². The van der Waals surface area contributed by atoms with E-state index in [0.29, 0.717) is 12.6 Å². The molecule has 1 aliphatic heterocycles. The molecule has 1 N–H and O–H groups in total. The average molecular weight is 315 g/mol. The third-order valence-corrected chi connectivity index (χ3v) is 4.32. The van der Waals surface area contributed by atoms with Crippen molar-refractivity contribution in [2.75, 3.05) is 46.9 Å². The second kappa shape index (κ2) is 9.57. The second-order valence-corrected chi connectivity index (χ2v) is 6.40. The van der Waals surface area contributed by atoms with Crippen LogP contribution in [0.1, 0.15) is 18.4 Å². The molecule has 4 nitrogen and oxygen atoms in total. The Labute approximate surface area is 140 Å². The number of benzene rings is 1. The zero-order chi connectivity index (χ0) is 16.5. The molecule has 126 valence electrons. The summed E-state index contributed by atoms with van der Waals surface area (Å²) in [6.07, 6.45) is 7.69. The van der Waals surface area contributed by atoms with Crippen molar-refractivity contribution >= 4 is 0 Å². The Balaban J connectivity index is 1.74. The summed E-state index contributed by atoms with van der Waals surface area (Å²) in [4.78, 5) is 4.81. The first kappa shape index (κ1) is 17.8. The van der Waals surface area contributed by atoms with Crippen LogP contribution in [-0.4, -0.2) is 62.7 Å². The second-order valence-electron chi connectivity index (χ2n) is 6.40. The van der Waals surface area contributed by atoms with Crippen LogP contribution in [0.5, 0.6) is 5.75 Å². The number of hydrogen-bond acceptors (Lipinski definition) is 4. The van der Waals surface area contributed by atoms with Gasteiger partial charge in [-0.05, 0) is 46.1 Å². The predicted octanol–water partition coefficient (Wildman–Crippen LogP) is 1.81. The summed E-state index contributed by atoms with van der Waals surface area (Å²) < 4.78 is 5.61. The van der Waals surface area contributed by atoms with Crippen LogP contribution in [0.3, 0.4) is 0 Å². The molecule has 0 aliphatic carbocycles. The molecule has 0 aromatic heterocycles. The Kier molecular flexibility index (Phi) is 7.41. The quantitative estimate of drug-likeness (QED) is 0.741. The lowest BCUT2D eigenvalue weighted by Gasteiger charge is -2.33. The Hall–Kier alpha value is -1.54. The van der Waals surface area contributed by atoms with E-state index in [0.717, 1.165) is 18.8 Å². The molecule has 0 unspecified atom stereocenters. The maximum Gasteiger partial charge on any atom is 0.148 e. The van der Waals surface area contributed by atoms with Gasteiger partial charge in [0.1, 0.15) is 12.4 Å². The number of nitrogens with one attached hydrogen (secondary N) is 1. The lowest BCUT2D eigenvalue weighted by Crippen LogP contribution is -2.44. The molecule has 23 heavy (non-hydrogen) atoms. The molecule has 0 spiro atoms. The highest BCUT2D eigenvalue weighted by molar-refractivity contribution is 5.33. The maximum absolute atomic E-state index is 5.61. The van der Waals surface area contributed by atoms with Crippen molar-refractivity contribution in [3.05, 3.63) is 29.8 Å². The van der Waals surface area contributed by atoms with Crippen molar-refractivity contribution in [1.82, 2.24) is 15.1 Å². The summed E-state index contributed by atoms with van der Waals surface area (Å²) in [6.45, 7) is 5.83. The van der Waals surface area contributed by atoms with Crippen LogP contribution in [0.2, 0.25) is 0 Å². The van der Waals surface area contributed by atoms with Crippen LogP contribution in [-0.2, 0) is 6.54 Å². The van der Waals surface area contributed by atoms with E-state index in [9.17, 15) is 0 Å². The van der Waals surface area contributed by atoms with Gasteiger partial charge in [0.05, 0.1) is 0 Å². The van der Waals surface area contributed by atoms with Gasteiger partial charge in [0.15, 0.2) is 0 Å². The van der Waals surface area contributed by atoms with E-state index in [-0.39, 0.29) is 0 Å². The van der Waals surface area contributed by atoms with Crippen LogP contribution in [0.15, 0.2) is 24.3 Å². The van der Waals surface area contributed by atoms with Crippen LogP contribution in [0.4, 0.5) is 0 Å². The number of para-hydroxylation sites is 1. The van der Waals surface area contributed by atoms with Gasteiger partial charge in [0.2, 0.25) is 0 Å². The number of rotatable bonds is 8. The summed E-state index contributed by atoms with van der Waals surface area (Å²) in [5.41, 5.74) is 1.18. The number of nitrogens with zero attached hydrogens (tertiary/aromatic N) is 2. The van der Waals surface area contributed by atoms with E-state index in [1.807, 2.05) is 18.2 Å². The van der Waals surface area contributed by atoms with E-state index in [2.05, 4.69) is 41.2 Å². The van der Waals surface area contributed by atoms with Crippen LogP contribution in [0, 0.1) is 12.3 Å². The van der Waals surface area contributed by atoms with Crippen molar-refractivity contribution in [2.24, 2.45) is 0 Å². The number of likely N-dealkylation sites (N-methyl/N-ethyl adjacent to an activating group) is 1. The van der Waals surface area contributed by atoms with Gasteiger partial charge >= 0.3 is 0 Å². The molecule has 1 aromatic rings. The highest BCUT2D eigenvalue weighted by Gasteiger charge is 2.18. The standard InChI is InChI=1S/C19H29N3O/c1-4-15-23-19-8-6-5-7-17(19)16-20-18-9-11-22(12-10-18)14-13-21(2)3/h1,5-8,18,20H,9-16H2,2-3H3. The smallest absolute Gasteiger partial charge is 0.148 e. The third kappa shape index (κ3) is 6.23. The van der Waals surface area contributed by atoms with E-state index in [1.165, 1.54) is 38.0 Å². The average Bonchev–Trinajstić information content (AvgIpc) is 2.58. The minimum Gasteiger partial charge on any atom is -0.481 e. The molecule has 1 saturated heterocycles. The van der Waals surface area contributed by atoms with E-state index in [1.54, 1.807) is 0 Å². The molecule has 0 atom stereocenters. The fourth-order valence-corrected chi connectivity index (χ4v) is 2.87. The fourth-order valence-electron chi connectivity index (χ4n) is 2.87. The number of hydrogen-bond donors (Lipinski definition) is 1. The zero-order valence-electron chi connectivity index (χ0n) is 14.4. The first-order valence-electron chi connectivity index (χ1n) is 8.43. The predicted molar refractivity (Wildman–Crippen MR) is 95.6 cm³/mol. The molecule has 0 amide bonds. The summed E-state index contributed by atoms with van der Waals surface area (Å²) in [5.74, 6) is 3.41. The largest absolute Gasteiger partial charge is 0.481 e. The molecule has 4 heteroatoms.